The molecule has 2 rings (SSSR count). The predicted octanol–water partition coefficient (Wildman–Crippen LogP) is 11.7. The fraction of sp³-hybridized carbons (Fsp3) is 0.965. The van der Waals surface area contributed by atoms with Crippen LogP contribution in [0.5, 0.6) is 0 Å². The maximum atomic E-state index is 11.8. The number of hydrogen-bond donors (Lipinski definition) is 1. The van der Waals surface area contributed by atoms with Crippen LogP contribution < -0.4 is 5.73 Å². The summed E-state index contributed by atoms with van der Waals surface area (Å²) in [5.41, 5.74) is 5.87. The van der Waals surface area contributed by atoms with Crippen LogP contribution in [0.1, 0.15) is 172 Å². The lowest BCUT2D eigenvalue weighted by molar-refractivity contribution is -0.265. The molecule has 0 aromatic rings. The van der Waals surface area contributed by atoms with Crippen molar-refractivity contribution in [2.45, 2.75) is 215 Å². The van der Waals surface area contributed by atoms with E-state index in [2.05, 4.69) is 34.6 Å². The maximum absolute atomic E-state index is 11.8. The van der Waals surface area contributed by atoms with E-state index in [-0.39, 0.29) is 57.0 Å². The number of ether oxygens (including phenoxy) is 10. The molecule has 0 spiro atoms. The molecule has 21 nitrogen and oxygen atoms in total. The topological polar surface area (TPSA) is 226 Å². The molecular formula is C57H112NO20P3. The molecule has 2 heterocycles. The third-order valence-electron chi connectivity index (χ3n) is 13.6. The van der Waals surface area contributed by atoms with E-state index in [0.717, 1.165) is 89.9 Å². The van der Waals surface area contributed by atoms with Gasteiger partial charge in [0.25, 0.3) is 0 Å². The Labute approximate surface area is 492 Å². The van der Waals surface area contributed by atoms with Crippen molar-refractivity contribution in [3.05, 3.63) is 0 Å². The molecule has 81 heavy (non-hydrogen) atoms. The van der Waals surface area contributed by atoms with Crippen LogP contribution in [-0.2, 0) is 93.1 Å². The minimum atomic E-state index is -1.50. The normalized spacial score (nSPS) is 24.8. The first-order valence-electron chi connectivity index (χ1n) is 30.5. The molecule has 0 amide bonds. The Hall–Kier alpha value is -0.450. The largest absolute Gasteiger partial charge is 0.462 e. The van der Waals surface area contributed by atoms with Gasteiger partial charge in [-0.05, 0) is 77.0 Å². The summed E-state index contributed by atoms with van der Waals surface area (Å²) in [5, 5.41) is 0. The minimum absolute atomic E-state index is 0.0118. The van der Waals surface area contributed by atoms with Gasteiger partial charge in [-0.25, -0.2) is 0 Å². The van der Waals surface area contributed by atoms with Crippen LogP contribution in [-0.4, -0.2) is 174 Å². The summed E-state index contributed by atoms with van der Waals surface area (Å²) in [6.45, 7) is 27.5. The molecule has 14 atom stereocenters. The number of nitrogens with two attached hydrogens (primary N) is 1. The molecule has 0 aromatic heterocycles. The minimum Gasteiger partial charge on any atom is -0.462 e. The third-order valence-corrected chi connectivity index (χ3v) is 16.6. The van der Waals surface area contributed by atoms with E-state index < -0.39 is 47.3 Å². The first-order valence-corrected chi connectivity index (χ1v) is 33.5. The number of carbonyl (C=O) groups is 2. The van der Waals surface area contributed by atoms with Gasteiger partial charge in [-0.3, -0.25) is 9.59 Å². The molecule has 0 radical (unpaired) electrons. The Morgan fingerprint density at radius 3 is 1.32 bits per heavy atom. The highest BCUT2D eigenvalue weighted by atomic mass is 31.2. The van der Waals surface area contributed by atoms with Crippen LogP contribution in [0.4, 0.5) is 0 Å². The third kappa shape index (κ3) is 34.6. The second-order valence-corrected chi connectivity index (χ2v) is 24.3. The van der Waals surface area contributed by atoms with Gasteiger partial charge in [0.1, 0.15) is 12.2 Å². The zero-order chi connectivity index (χ0) is 59.4. The monoisotopic (exact) mass is 1220 g/mol. The molecule has 10 unspecified atom stereocenters. The van der Waals surface area contributed by atoms with E-state index in [4.69, 9.17) is 89.3 Å². The van der Waals surface area contributed by atoms with Gasteiger partial charge in [-0.2, -0.15) is 0 Å². The molecule has 2 saturated heterocycles. The first-order chi connectivity index (χ1) is 39.3. The van der Waals surface area contributed by atoms with Gasteiger partial charge in [0.15, 0.2) is 21.6 Å². The molecule has 480 valence electrons. The molecule has 24 heteroatoms. The van der Waals surface area contributed by atoms with Crippen molar-refractivity contribution in [1.82, 2.24) is 0 Å². The number of rotatable bonds is 54. The molecular weight excluding hydrogens is 1110 g/mol. The van der Waals surface area contributed by atoms with Gasteiger partial charge in [0.2, 0.25) is 0 Å². The number of unbranched alkanes of at least 4 members (excludes halogenated alkanes) is 6. The molecule has 2 N–H and O–H groups in total. The predicted molar refractivity (Wildman–Crippen MR) is 315 cm³/mol. The molecule has 2 aliphatic rings. The van der Waals surface area contributed by atoms with Crippen LogP contribution in [0.25, 0.3) is 0 Å². The van der Waals surface area contributed by atoms with Crippen molar-refractivity contribution in [3.8, 4) is 0 Å². The lowest BCUT2D eigenvalue weighted by Gasteiger charge is -2.43. The average molecular weight is 1220 g/mol. The molecule has 0 aromatic carbocycles. The number of carbonyl (C=O) groups excluding carboxylic acids is 2. The lowest BCUT2D eigenvalue weighted by atomic mass is 9.84. The second-order valence-electron chi connectivity index (χ2n) is 21.2. The van der Waals surface area contributed by atoms with Gasteiger partial charge in [0, 0.05) is 71.7 Å². The van der Waals surface area contributed by atoms with Crippen LogP contribution in [0.2, 0.25) is 0 Å². The Morgan fingerprint density at radius 2 is 0.864 bits per heavy atom. The maximum Gasteiger partial charge on any atom is 0.332 e. The van der Waals surface area contributed by atoms with Gasteiger partial charge in [0.05, 0.1) is 103 Å². The summed E-state index contributed by atoms with van der Waals surface area (Å²) >= 11 is 0. The van der Waals surface area contributed by atoms with Crippen LogP contribution in [0, 0.1) is 23.2 Å². The first kappa shape index (κ1) is 76.6. The Balaban J connectivity index is 1.77. The fourth-order valence-corrected chi connectivity index (χ4v) is 12.1. The van der Waals surface area contributed by atoms with Crippen molar-refractivity contribution in [2.24, 2.45) is 28.9 Å². The number of methoxy groups -OCH3 is 1. The molecule has 0 bridgehead atoms. The number of hydrogen-bond acceptors (Lipinski definition) is 21. The van der Waals surface area contributed by atoms with Gasteiger partial charge < -0.3 is 89.3 Å². The summed E-state index contributed by atoms with van der Waals surface area (Å²) in [6, 6.07) is -0.545. The summed E-state index contributed by atoms with van der Waals surface area (Å²) < 4.78 is 108. The second kappa shape index (κ2) is 49.5. The molecule has 0 saturated carbocycles. The summed E-state index contributed by atoms with van der Waals surface area (Å²) in [5.74, 6) is -0.571. The molecule has 2 aliphatic heterocycles. The average Bonchev–Trinajstić information content (AvgIpc) is 3.47. The SMILES string of the molecule is CCCOPOCCCOCC(COC)(COCCCOP(OCCC)OCCCCCCO[C@@H]1OC(CC)[C@H](C)C(OC(C)=O)C1C)COCCCOP(OCCC)OCCCCCCO[C@@H]1OC(CC)[C@H](C)C(OC(C)=O)C1N. The van der Waals surface area contributed by atoms with Gasteiger partial charge in [-0.1, -0.05) is 81.1 Å². The van der Waals surface area contributed by atoms with Gasteiger partial charge >= 0.3 is 29.1 Å². The molecule has 2 fully saturated rings. The van der Waals surface area contributed by atoms with E-state index in [0.29, 0.717) is 125 Å². The summed E-state index contributed by atoms with van der Waals surface area (Å²) in [4.78, 5) is 23.5. The van der Waals surface area contributed by atoms with Crippen molar-refractivity contribution in [2.75, 3.05) is 119 Å². The number of esters is 2. The van der Waals surface area contributed by atoms with E-state index >= 15 is 0 Å². The Bertz CT molecular complexity index is 1420. The zero-order valence-corrected chi connectivity index (χ0v) is 54.5. The summed E-state index contributed by atoms with van der Waals surface area (Å²) in [7, 11) is -1.28. The highest BCUT2D eigenvalue weighted by Gasteiger charge is 2.45. The highest BCUT2D eigenvalue weighted by Crippen LogP contribution is 2.41. The van der Waals surface area contributed by atoms with Crippen molar-refractivity contribution < 1.29 is 93.1 Å². The van der Waals surface area contributed by atoms with Crippen LogP contribution in [0.15, 0.2) is 0 Å². The zero-order valence-electron chi connectivity index (χ0n) is 51.7. The quantitative estimate of drug-likeness (QED) is 0.0339. The van der Waals surface area contributed by atoms with E-state index in [1.807, 2.05) is 20.8 Å². The smallest absolute Gasteiger partial charge is 0.332 e. The highest BCUT2D eigenvalue weighted by molar-refractivity contribution is 7.41. The van der Waals surface area contributed by atoms with E-state index in [1.54, 1.807) is 7.11 Å². The van der Waals surface area contributed by atoms with Crippen molar-refractivity contribution in [3.63, 3.8) is 0 Å². The van der Waals surface area contributed by atoms with Crippen molar-refractivity contribution >= 4 is 38.2 Å². The van der Waals surface area contributed by atoms with Gasteiger partial charge in [-0.15, -0.1) is 0 Å². The standard InChI is InChI=1S/C57H112NO20P3/c1-12-28-67-79-68-36-25-31-62-42-57(41-61-11,43-63-32-26-39-73-80(69-29-13-2)71-37-23-19-17-21-34-65-55-47(8)53(75-48(9)59)45(6)50(15-4)77-55)44-64-33-27-40-74-81(70-30-14-3)72-38-24-20-18-22-35-66-56-52(58)54(76-49(10)60)46(7)51(16-5)78-56/h45-47,50-56,79H,12-44,58H2,1-11H3/t45-,46-,47?,50?,51?,52?,53?,54?,55+,56+,57?,80?,81?/m0/s1. The van der Waals surface area contributed by atoms with Crippen LogP contribution >= 0.6 is 26.2 Å². The molecule has 0 aliphatic carbocycles. The summed E-state index contributed by atoms with van der Waals surface area (Å²) in [6.07, 6.45) is 11.8. The van der Waals surface area contributed by atoms with E-state index in [9.17, 15) is 9.59 Å². The Morgan fingerprint density at radius 1 is 0.469 bits per heavy atom. The Kier molecular flexibility index (Phi) is 46.9. The van der Waals surface area contributed by atoms with E-state index in [1.165, 1.54) is 13.8 Å². The van der Waals surface area contributed by atoms with Crippen molar-refractivity contribution in [1.29, 1.82) is 0 Å². The van der Waals surface area contributed by atoms with Crippen LogP contribution in [0.3, 0.4) is 0 Å². The lowest BCUT2D eigenvalue weighted by Crippen LogP contribution is -2.59. The fourth-order valence-electron chi connectivity index (χ4n) is 9.26.